The minimum atomic E-state index is -0.717. The van der Waals surface area contributed by atoms with Crippen molar-refractivity contribution in [2.75, 3.05) is 6.61 Å². The second kappa shape index (κ2) is 8.34. The Bertz CT molecular complexity index is 886. The van der Waals surface area contributed by atoms with Gasteiger partial charge in [-0.25, -0.2) is 4.79 Å². The van der Waals surface area contributed by atoms with Gasteiger partial charge in [-0.05, 0) is 24.1 Å². The van der Waals surface area contributed by atoms with Gasteiger partial charge in [0.25, 0.3) is 0 Å². The van der Waals surface area contributed by atoms with Crippen LogP contribution in [-0.2, 0) is 27.2 Å². The van der Waals surface area contributed by atoms with Gasteiger partial charge >= 0.3 is 5.97 Å². The molecule has 134 valence electrons. The first-order valence-electron chi connectivity index (χ1n) is 8.72. The van der Waals surface area contributed by atoms with E-state index in [2.05, 4.69) is 10.3 Å². The molecule has 0 aliphatic heterocycles. The number of nitrogens with one attached hydrogen (secondary N) is 2. The minimum Gasteiger partial charge on any atom is -0.464 e. The highest BCUT2D eigenvalue weighted by molar-refractivity contribution is 5.88. The van der Waals surface area contributed by atoms with Crippen LogP contribution in [-0.4, -0.2) is 29.5 Å². The van der Waals surface area contributed by atoms with Gasteiger partial charge in [-0.3, -0.25) is 4.79 Å². The first-order valence-corrected chi connectivity index (χ1v) is 8.72. The molecule has 26 heavy (non-hydrogen) atoms. The second-order valence-electron chi connectivity index (χ2n) is 6.10. The van der Waals surface area contributed by atoms with E-state index < -0.39 is 12.0 Å². The van der Waals surface area contributed by atoms with Gasteiger partial charge in [0.15, 0.2) is 0 Å². The second-order valence-corrected chi connectivity index (χ2v) is 6.10. The number of esters is 1. The molecule has 5 nitrogen and oxygen atoms in total. The molecule has 0 bridgehead atoms. The average molecular weight is 350 g/mol. The lowest BCUT2D eigenvalue weighted by molar-refractivity contribution is -0.147. The van der Waals surface area contributed by atoms with Crippen LogP contribution in [0.3, 0.4) is 0 Å². The zero-order valence-corrected chi connectivity index (χ0v) is 14.7. The highest BCUT2D eigenvalue weighted by Gasteiger charge is 2.23. The highest BCUT2D eigenvalue weighted by atomic mass is 16.5. The lowest BCUT2D eigenvalue weighted by Gasteiger charge is -2.17. The van der Waals surface area contributed by atoms with E-state index in [1.807, 2.05) is 60.8 Å². The van der Waals surface area contributed by atoms with Crippen molar-refractivity contribution in [1.29, 1.82) is 0 Å². The summed E-state index contributed by atoms with van der Waals surface area (Å²) < 4.78 is 5.15. The zero-order chi connectivity index (χ0) is 18.4. The van der Waals surface area contributed by atoms with Crippen LogP contribution in [0.1, 0.15) is 18.1 Å². The number of H-pyrrole nitrogens is 1. The molecule has 1 aromatic heterocycles. The topological polar surface area (TPSA) is 71.2 Å². The molecule has 2 aromatic carbocycles. The summed E-state index contributed by atoms with van der Waals surface area (Å²) in [5.74, 6) is -0.617. The van der Waals surface area contributed by atoms with E-state index in [0.29, 0.717) is 6.42 Å². The maximum Gasteiger partial charge on any atom is 0.328 e. The van der Waals surface area contributed by atoms with Crippen LogP contribution in [0, 0.1) is 0 Å². The Morgan fingerprint density at radius 2 is 1.81 bits per heavy atom. The molecule has 0 aliphatic carbocycles. The number of rotatable bonds is 7. The third kappa shape index (κ3) is 4.30. The predicted octanol–water partition coefficient (Wildman–Crippen LogP) is 3.00. The molecule has 0 radical (unpaired) electrons. The largest absolute Gasteiger partial charge is 0.464 e. The smallest absolute Gasteiger partial charge is 0.328 e. The standard InChI is InChI=1S/C21H22N2O3/c1-2-26-21(25)19(23-20(24)12-15-8-4-3-5-9-15)13-16-14-22-18-11-7-6-10-17(16)18/h3-11,14,19,22H,2,12-13H2,1H3,(H,23,24)/t19-/m0/s1. The van der Waals surface area contributed by atoms with E-state index in [9.17, 15) is 9.59 Å². The Kier molecular flexibility index (Phi) is 5.69. The number of ether oxygens (including phenoxy) is 1. The monoisotopic (exact) mass is 350 g/mol. The molecular weight excluding hydrogens is 328 g/mol. The number of para-hydroxylation sites is 1. The van der Waals surface area contributed by atoms with Gasteiger partial charge in [-0.1, -0.05) is 48.5 Å². The molecule has 0 aliphatic rings. The molecule has 0 unspecified atom stereocenters. The summed E-state index contributed by atoms with van der Waals surface area (Å²) in [6, 6.07) is 16.6. The van der Waals surface area contributed by atoms with Crippen molar-refractivity contribution in [3.63, 3.8) is 0 Å². The van der Waals surface area contributed by atoms with Gasteiger partial charge in [-0.15, -0.1) is 0 Å². The Morgan fingerprint density at radius 1 is 1.08 bits per heavy atom. The fourth-order valence-corrected chi connectivity index (χ4v) is 2.98. The number of aromatic nitrogens is 1. The van der Waals surface area contributed by atoms with E-state index >= 15 is 0 Å². The molecule has 0 spiro atoms. The lowest BCUT2D eigenvalue weighted by atomic mass is 10.0. The van der Waals surface area contributed by atoms with Crippen LogP contribution < -0.4 is 5.32 Å². The molecule has 0 saturated carbocycles. The Hall–Kier alpha value is -3.08. The van der Waals surface area contributed by atoms with Gasteiger partial charge in [-0.2, -0.15) is 0 Å². The Morgan fingerprint density at radius 3 is 2.58 bits per heavy atom. The summed E-state index contributed by atoms with van der Waals surface area (Å²) in [5, 5.41) is 3.87. The molecule has 1 atom stereocenters. The van der Waals surface area contributed by atoms with E-state index in [1.54, 1.807) is 6.92 Å². The molecule has 3 aromatic rings. The summed E-state index contributed by atoms with van der Waals surface area (Å²) in [6.07, 6.45) is 2.48. The van der Waals surface area contributed by atoms with Crippen LogP contribution in [0.5, 0.6) is 0 Å². The van der Waals surface area contributed by atoms with Gasteiger partial charge in [0.05, 0.1) is 13.0 Å². The van der Waals surface area contributed by atoms with E-state index in [-0.39, 0.29) is 18.9 Å². The quantitative estimate of drug-likeness (QED) is 0.644. The number of benzene rings is 2. The molecule has 0 fully saturated rings. The number of amides is 1. The summed E-state index contributed by atoms with van der Waals surface area (Å²) in [7, 11) is 0. The first kappa shape index (κ1) is 17.7. The van der Waals surface area contributed by atoms with Crippen LogP contribution in [0.2, 0.25) is 0 Å². The molecule has 3 rings (SSSR count). The number of carbonyl (C=O) groups is 2. The van der Waals surface area contributed by atoms with Crippen molar-refractivity contribution in [1.82, 2.24) is 10.3 Å². The normalized spacial score (nSPS) is 11.9. The fraction of sp³-hybridized carbons (Fsp3) is 0.238. The van der Waals surface area contributed by atoms with E-state index in [4.69, 9.17) is 4.74 Å². The molecule has 2 N–H and O–H groups in total. The van der Waals surface area contributed by atoms with Gasteiger partial charge < -0.3 is 15.0 Å². The van der Waals surface area contributed by atoms with Gasteiger partial charge in [0, 0.05) is 23.5 Å². The van der Waals surface area contributed by atoms with Crippen molar-refractivity contribution in [3.8, 4) is 0 Å². The summed E-state index contributed by atoms with van der Waals surface area (Å²) in [4.78, 5) is 27.9. The van der Waals surface area contributed by atoms with E-state index in [0.717, 1.165) is 22.0 Å². The minimum absolute atomic E-state index is 0.200. The van der Waals surface area contributed by atoms with Crippen molar-refractivity contribution < 1.29 is 14.3 Å². The van der Waals surface area contributed by atoms with Crippen LogP contribution in [0.15, 0.2) is 60.8 Å². The summed E-state index contributed by atoms with van der Waals surface area (Å²) >= 11 is 0. The number of carbonyl (C=O) groups excluding carboxylic acids is 2. The number of fused-ring (bicyclic) bond motifs is 1. The molecule has 5 heteroatoms. The fourth-order valence-electron chi connectivity index (χ4n) is 2.98. The molecule has 1 amide bonds. The van der Waals surface area contributed by atoms with Crippen molar-refractivity contribution in [3.05, 3.63) is 71.9 Å². The first-order chi connectivity index (χ1) is 12.7. The maximum atomic E-state index is 12.4. The van der Waals surface area contributed by atoms with Crippen molar-refractivity contribution in [2.24, 2.45) is 0 Å². The van der Waals surface area contributed by atoms with Crippen molar-refractivity contribution >= 4 is 22.8 Å². The molecule has 0 saturated heterocycles. The number of hydrogen-bond donors (Lipinski definition) is 2. The van der Waals surface area contributed by atoms with Crippen molar-refractivity contribution in [2.45, 2.75) is 25.8 Å². The highest BCUT2D eigenvalue weighted by Crippen LogP contribution is 2.19. The van der Waals surface area contributed by atoms with E-state index in [1.165, 1.54) is 0 Å². The maximum absolute atomic E-state index is 12.4. The van der Waals surface area contributed by atoms with Crippen LogP contribution in [0.25, 0.3) is 10.9 Å². The lowest BCUT2D eigenvalue weighted by Crippen LogP contribution is -2.44. The summed E-state index contributed by atoms with van der Waals surface area (Å²) in [6.45, 7) is 2.03. The number of hydrogen-bond acceptors (Lipinski definition) is 3. The van der Waals surface area contributed by atoms with Gasteiger partial charge in [0.2, 0.25) is 5.91 Å². The average Bonchev–Trinajstić information content (AvgIpc) is 3.05. The van der Waals surface area contributed by atoms with Gasteiger partial charge in [0.1, 0.15) is 6.04 Å². The Balaban J connectivity index is 1.74. The van der Waals surface area contributed by atoms with Crippen LogP contribution >= 0.6 is 0 Å². The zero-order valence-electron chi connectivity index (χ0n) is 14.7. The number of aromatic amines is 1. The Labute approximate surface area is 152 Å². The predicted molar refractivity (Wildman–Crippen MR) is 101 cm³/mol. The third-order valence-corrected chi connectivity index (χ3v) is 4.21. The van der Waals surface area contributed by atoms with Crippen LogP contribution in [0.4, 0.5) is 0 Å². The summed E-state index contributed by atoms with van der Waals surface area (Å²) in [5.41, 5.74) is 2.87. The molecular formula is C21H22N2O3. The third-order valence-electron chi connectivity index (χ3n) is 4.21. The molecule has 1 heterocycles. The SMILES string of the molecule is CCOC(=O)[C@H](Cc1c[nH]c2ccccc12)NC(=O)Cc1ccccc1.